The summed E-state index contributed by atoms with van der Waals surface area (Å²) in [4.78, 5) is 11.6. The average Bonchev–Trinajstić information content (AvgIpc) is 3.02. The molecule has 0 unspecified atom stereocenters. The number of rotatable bonds is 7. The molecule has 1 atom stereocenters. The summed E-state index contributed by atoms with van der Waals surface area (Å²) in [6.45, 7) is 0.968. The fraction of sp³-hybridized carbons (Fsp3) is 0.312. The first-order valence-corrected chi connectivity index (χ1v) is 7.03. The molecule has 2 aromatic rings. The van der Waals surface area contributed by atoms with Crippen LogP contribution in [0.15, 0.2) is 53.1 Å². The number of urea groups is 1. The predicted octanol–water partition coefficient (Wildman–Crippen LogP) is 2.25. The van der Waals surface area contributed by atoms with Gasteiger partial charge in [-0.25, -0.2) is 4.79 Å². The van der Waals surface area contributed by atoms with E-state index in [0.29, 0.717) is 25.3 Å². The van der Waals surface area contributed by atoms with Gasteiger partial charge in [0, 0.05) is 13.1 Å². The maximum absolute atomic E-state index is 11.6. The van der Waals surface area contributed by atoms with Crippen molar-refractivity contribution in [3.8, 4) is 0 Å². The third kappa shape index (κ3) is 5.31. The van der Waals surface area contributed by atoms with E-state index in [9.17, 15) is 9.90 Å². The van der Waals surface area contributed by atoms with E-state index in [2.05, 4.69) is 10.6 Å². The molecular formula is C16H20N2O3. The zero-order valence-electron chi connectivity index (χ0n) is 11.8. The van der Waals surface area contributed by atoms with Gasteiger partial charge >= 0.3 is 6.03 Å². The molecule has 0 spiro atoms. The van der Waals surface area contributed by atoms with Crippen molar-refractivity contribution < 1.29 is 14.3 Å². The zero-order chi connectivity index (χ0) is 14.9. The van der Waals surface area contributed by atoms with E-state index in [1.807, 2.05) is 30.3 Å². The van der Waals surface area contributed by atoms with E-state index in [-0.39, 0.29) is 6.03 Å². The molecular weight excluding hydrogens is 268 g/mol. The number of nitrogens with one attached hydrogen (secondary N) is 2. The first-order valence-electron chi connectivity index (χ1n) is 7.03. The SMILES string of the molecule is O=C(NCCc1ccccc1)NCC[C@H](O)c1ccco1. The van der Waals surface area contributed by atoms with Gasteiger partial charge in [-0.3, -0.25) is 0 Å². The standard InChI is InChI=1S/C16H20N2O3/c19-14(15-7-4-12-21-15)9-11-18-16(20)17-10-8-13-5-2-1-3-6-13/h1-7,12,14,19H,8-11H2,(H2,17,18,20)/t14-/m0/s1. The molecule has 0 aliphatic rings. The highest BCUT2D eigenvalue weighted by Gasteiger charge is 2.10. The van der Waals surface area contributed by atoms with Crippen LogP contribution in [0.3, 0.4) is 0 Å². The van der Waals surface area contributed by atoms with Gasteiger partial charge in [0.1, 0.15) is 11.9 Å². The summed E-state index contributed by atoms with van der Waals surface area (Å²) in [5, 5.41) is 15.3. The van der Waals surface area contributed by atoms with Crippen molar-refractivity contribution in [2.24, 2.45) is 0 Å². The van der Waals surface area contributed by atoms with Gasteiger partial charge in [-0.2, -0.15) is 0 Å². The number of aliphatic hydroxyl groups excluding tert-OH is 1. The van der Waals surface area contributed by atoms with Crippen LogP contribution in [0.2, 0.25) is 0 Å². The van der Waals surface area contributed by atoms with Crippen LogP contribution >= 0.6 is 0 Å². The molecule has 5 heteroatoms. The summed E-state index contributed by atoms with van der Waals surface area (Å²) in [7, 11) is 0. The molecule has 0 fully saturated rings. The molecule has 2 amide bonds. The van der Waals surface area contributed by atoms with Gasteiger partial charge in [-0.05, 0) is 30.5 Å². The second-order valence-electron chi connectivity index (χ2n) is 4.74. The van der Waals surface area contributed by atoms with Crippen LogP contribution in [0, 0.1) is 0 Å². The van der Waals surface area contributed by atoms with Crippen LogP contribution in [0.25, 0.3) is 0 Å². The molecule has 3 N–H and O–H groups in total. The van der Waals surface area contributed by atoms with E-state index in [0.717, 1.165) is 6.42 Å². The zero-order valence-corrected chi connectivity index (χ0v) is 11.8. The molecule has 0 bridgehead atoms. The third-order valence-electron chi connectivity index (χ3n) is 3.12. The molecule has 21 heavy (non-hydrogen) atoms. The smallest absolute Gasteiger partial charge is 0.314 e. The van der Waals surface area contributed by atoms with Gasteiger partial charge in [0.2, 0.25) is 0 Å². The number of hydrogen-bond donors (Lipinski definition) is 3. The monoisotopic (exact) mass is 288 g/mol. The van der Waals surface area contributed by atoms with Crippen LogP contribution in [0.5, 0.6) is 0 Å². The molecule has 112 valence electrons. The number of amides is 2. The van der Waals surface area contributed by atoms with Crippen LogP contribution in [0.4, 0.5) is 4.79 Å². The Kier molecular flexibility index (Phi) is 5.84. The highest BCUT2D eigenvalue weighted by Crippen LogP contribution is 2.15. The van der Waals surface area contributed by atoms with Crippen molar-refractivity contribution in [1.82, 2.24) is 10.6 Å². The lowest BCUT2D eigenvalue weighted by molar-refractivity contribution is 0.140. The quantitative estimate of drug-likeness (QED) is 0.731. The van der Waals surface area contributed by atoms with Gasteiger partial charge in [-0.1, -0.05) is 30.3 Å². The molecule has 0 saturated carbocycles. The van der Waals surface area contributed by atoms with Gasteiger partial charge in [0.25, 0.3) is 0 Å². The Morgan fingerprint density at radius 1 is 1.10 bits per heavy atom. The number of furan rings is 1. The number of carbonyl (C=O) groups is 1. The van der Waals surface area contributed by atoms with Crippen LogP contribution < -0.4 is 10.6 Å². The summed E-state index contributed by atoms with van der Waals surface area (Å²) in [5.41, 5.74) is 1.19. The molecule has 0 radical (unpaired) electrons. The first-order chi connectivity index (χ1) is 10.3. The topological polar surface area (TPSA) is 74.5 Å². The maximum atomic E-state index is 11.6. The Balaban J connectivity index is 1.57. The highest BCUT2D eigenvalue weighted by atomic mass is 16.4. The normalized spacial score (nSPS) is 11.9. The summed E-state index contributed by atoms with van der Waals surface area (Å²) < 4.78 is 5.09. The largest absolute Gasteiger partial charge is 0.467 e. The van der Waals surface area contributed by atoms with Gasteiger partial charge < -0.3 is 20.2 Å². The van der Waals surface area contributed by atoms with Crippen molar-refractivity contribution in [2.75, 3.05) is 13.1 Å². The Labute approximate surface area is 124 Å². The molecule has 1 aromatic heterocycles. The molecule has 0 aliphatic heterocycles. The Bertz CT molecular complexity index is 526. The van der Waals surface area contributed by atoms with E-state index in [1.54, 1.807) is 12.1 Å². The van der Waals surface area contributed by atoms with E-state index >= 15 is 0 Å². The maximum Gasteiger partial charge on any atom is 0.314 e. The van der Waals surface area contributed by atoms with Crippen LogP contribution in [0.1, 0.15) is 23.8 Å². The lowest BCUT2D eigenvalue weighted by Crippen LogP contribution is -2.37. The minimum absolute atomic E-state index is 0.224. The van der Waals surface area contributed by atoms with Crippen molar-refractivity contribution in [1.29, 1.82) is 0 Å². The third-order valence-corrected chi connectivity index (χ3v) is 3.12. The van der Waals surface area contributed by atoms with Gasteiger partial charge in [0.05, 0.1) is 6.26 Å². The lowest BCUT2D eigenvalue weighted by Gasteiger charge is -2.10. The molecule has 1 aromatic carbocycles. The average molecular weight is 288 g/mol. The Morgan fingerprint density at radius 2 is 1.86 bits per heavy atom. The van der Waals surface area contributed by atoms with Gasteiger partial charge in [-0.15, -0.1) is 0 Å². The molecule has 0 aliphatic carbocycles. The fourth-order valence-corrected chi connectivity index (χ4v) is 1.97. The van der Waals surface area contributed by atoms with Crippen LogP contribution in [-0.2, 0) is 6.42 Å². The molecule has 1 heterocycles. The lowest BCUT2D eigenvalue weighted by atomic mass is 10.1. The second kappa shape index (κ2) is 8.11. The van der Waals surface area contributed by atoms with Crippen molar-refractivity contribution in [3.63, 3.8) is 0 Å². The summed E-state index contributed by atoms with van der Waals surface area (Å²) in [5.74, 6) is 0.515. The highest BCUT2D eigenvalue weighted by molar-refractivity contribution is 5.73. The second-order valence-corrected chi connectivity index (χ2v) is 4.74. The number of carbonyl (C=O) groups excluding carboxylic acids is 1. The van der Waals surface area contributed by atoms with E-state index in [4.69, 9.17) is 4.42 Å². The Hall–Kier alpha value is -2.27. The summed E-state index contributed by atoms with van der Waals surface area (Å²) >= 11 is 0. The summed E-state index contributed by atoms with van der Waals surface area (Å²) in [6.07, 6.45) is 2.04. The van der Waals surface area contributed by atoms with Crippen molar-refractivity contribution in [3.05, 3.63) is 60.1 Å². The van der Waals surface area contributed by atoms with Crippen molar-refractivity contribution >= 4 is 6.03 Å². The minimum Gasteiger partial charge on any atom is -0.467 e. The Morgan fingerprint density at radius 3 is 2.57 bits per heavy atom. The predicted molar refractivity (Wildman–Crippen MR) is 79.8 cm³/mol. The van der Waals surface area contributed by atoms with Gasteiger partial charge in [0.15, 0.2) is 0 Å². The van der Waals surface area contributed by atoms with E-state index < -0.39 is 6.10 Å². The molecule has 0 saturated heterocycles. The van der Waals surface area contributed by atoms with Crippen LogP contribution in [-0.4, -0.2) is 24.2 Å². The number of hydrogen-bond acceptors (Lipinski definition) is 3. The summed E-state index contributed by atoms with van der Waals surface area (Å²) in [6, 6.07) is 13.2. The fourth-order valence-electron chi connectivity index (χ4n) is 1.97. The molecule has 2 rings (SSSR count). The number of aliphatic hydroxyl groups is 1. The van der Waals surface area contributed by atoms with Crippen molar-refractivity contribution in [2.45, 2.75) is 18.9 Å². The first kappa shape index (κ1) is 15.1. The van der Waals surface area contributed by atoms with E-state index in [1.165, 1.54) is 11.8 Å². The number of benzene rings is 1. The molecule has 5 nitrogen and oxygen atoms in total. The minimum atomic E-state index is -0.690.